The Morgan fingerprint density at radius 2 is 2.14 bits per heavy atom. The number of nitrogens with zero attached hydrogens (tertiary/aromatic N) is 3. The average Bonchev–Trinajstić information content (AvgIpc) is 3.13. The van der Waals surface area contributed by atoms with E-state index < -0.39 is 5.97 Å². The highest BCUT2D eigenvalue weighted by Crippen LogP contribution is 2.15. The third-order valence-electron chi connectivity index (χ3n) is 3.38. The van der Waals surface area contributed by atoms with Crippen molar-refractivity contribution >= 4 is 45.8 Å². The smallest absolute Gasteiger partial charge is 0.323 e. The molecule has 0 radical (unpaired) electrons. The van der Waals surface area contributed by atoms with Gasteiger partial charge in [0.05, 0.1) is 4.43 Å². The maximum atomic E-state index is 12.4. The summed E-state index contributed by atoms with van der Waals surface area (Å²) in [4.78, 5) is 31.3. The number of amides is 1. The number of alkyl halides is 1. The van der Waals surface area contributed by atoms with Gasteiger partial charge in [0.25, 0.3) is 5.91 Å². The van der Waals surface area contributed by atoms with Crippen molar-refractivity contribution in [2.75, 3.05) is 32.7 Å². The summed E-state index contributed by atoms with van der Waals surface area (Å²) in [5.41, 5.74) is 0.356. The fourth-order valence-electron chi connectivity index (χ4n) is 2.32. The van der Waals surface area contributed by atoms with E-state index in [0.717, 1.165) is 29.1 Å². The highest BCUT2D eigenvalue weighted by atomic mass is 127. The Labute approximate surface area is 141 Å². The molecule has 1 fully saturated rings. The van der Waals surface area contributed by atoms with E-state index in [4.69, 9.17) is 5.11 Å². The van der Waals surface area contributed by atoms with E-state index in [2.05, 4.69) is 32.5 Å². The SMILES string of the molecule is O=C(O)CN(CCN1CCCC1)C(=O)c1csc(CI)n1. The molecule has 1 N–H and O–H groups in total. The largest absolute Gasteiger partial charge is 0.480 e. The van der Waals surface area contributed by atoms with Crippen LogP contribution in [0.1, 0.15) is 28.3 Å². The Bertz CT molecular complexity index is 503. The maximum Gasteiger partial charge on any atom is 0.323 e. The van der Waals surface area contributed by atoms with E-state index in [1.807, 2.05) is 0 Å². The predicted molar refractivity (Wildman–Crippen MR) is 89.1 cm³/mol. The maximum absolute atomic E-state index is 12.4. The molecule has 0 aromatic carbocycles. The van der Waals surface area contributed by atoms with Crippen molar-refractivity contribution in [3.05, 3.63) is 16.1 Å². The molecule has 0 saturated carbocycles. The van der Waals surface area contributed by atoms with Crippen LogP contribution in [0.3, 0.4) is 0 Å². The molecular formula is C13H18IN3O3S. The third-order valence-corrected chi connectivity index (χ3v) is 5.47. The van der Waals surface area contributed by atoms with E-state index >= 15 is 0 Å². The number of carboxylic acids is 1. The van der Waals surface area contributed by atoms with Crippen molar-refractivity contribution in [1.82, 2.24) is 14.8 Å². The van der Waals surface area contributed by atoms with Crippen molar-refractivity contribution < 1.29 is 14.7 Å². The van der Waals surface area contributed by atoms with Gasteiger partial charge >= 0.3 is 5.97 Å². The van der Waals surface area contributed by atoms with Crippen LogP contribution in [0.15, 0.2) is 5.38 Å². The molecule has 1 aliphatic heterocycles. The lowest BCUT2D eigenvalue weighted by atomic mass is 10.3. The normalized spacial score (nSPS) is 15.3. The van der Waals surface area contributed by atoms with Crippen molar-refractivity contribution in [3.63, 3.8) is 0 Å². The van der Waals surface area contributed by atoms with Crippen LogP contribution in [0.5, 0.6) is 0 Å². The number of carbonyl (C=O) groups is 2. The van der Waals surface area contributed by atoms with Crippen LogP contribution in [0, 0.1) is 0 Å². The number of carboxylic acid groups (broad SMARTS) is 1. The molecule has 0 aliphatic carbocycles. The minimum absolute atomic E-state index is 0.274. The number of rotatable bonds is 7. The number of aromatic nitrogens is 1. The van der Waals surface area contributed by atoms with Gasteiger partial charge in [0.1, 0.15) is 17.2 Å². The molecule has 2 rings (SSSR count). The van der Waals surface area contributed by atoms with Crippen LogP contribution >= 0.6 is 33.9 Å². The van der Waals surface area contributed by atoms with E-state index in [1.165, 1.54) is 29.1 Å². The summed E-state index contributed by atoms with van der Waals surface area (Å²) in [6, 6.07) is 0. The average molecular weight is 423 g/mol. The van der Waals surface area contributed by atoms with Gasteiger partial charge in [0.2, 0.25) is 0 Å². The zero-order valence-corrected chi connectivity index (χ0v) is 14.6. The summed E-state index contributed by atoms with van der Waals surface area (Å²) >= 11 is 3.63. The number of likely N-dealkylation sites (tertiary alicyclic amines) is 1. The number of thiazole rings is 1. The first-order valence-corrected chi connectivity index (χ1v) is 9.24. The first kappa shape index (κ1) is 16.6. The monoisotopic (exact) mass is 423 g/mol. The van der Waals surface area contributed by atoms with Crippen LogP contribution in [-0.2, 0) is 9.22 Å². The zero-order valence-electron chi connectivity index (χ0n) is 11.6. The fourth-order valence-corrected chi connectivity index (χ4v) is 3.64. The van der Waals surface area contributed by atoms with Crippen molar-refractivity contribution in [2.45, 2.75) is 17.3 Å². The summed E-state index contributed by atoms with van der Waals surface area (Å²) in [6.45, 7) is 2.95. The topological polar surface area (TPSA) is 73.7 Å². The Balaban J connectivity index is 1.99. The molecule has 1 amide bonds. The quantitative estimate of drug-likeness (QED) is 0.534. The molecule has 1 aliphatic rings. The molecule has 0 bridgehead atoms. The Hall–Kier alpha value is -0.740. The number of aliphatic carboxylic acids is 1. The fraction of sp³-hybridized carbons (Fsp3) is 0.615. The van der Waals surface area contributed by atoms with Crippen LogP contribution in [0.4, 0.5) is 0 Å². The summed E-state index contributed by atoms with van der Waals surface area (Å²) in [5, 5.41) is 11.6. The van der Waals surface area contributed by atoms with E-state index in [1.54, 1.807) is 5.38 Å². The number of halogens is 1. The van der Waals surface area contributed by atoms with Gasteiger partial charge in [0.15, 0.2) is 0 Å². The predicted octanol–water partition coefficient (Wildman–Crippen LogP) is 1.70. The Morgan fingerprint density at radius 3 is 2.71 bits per heavy atom. The van der Waals surface area contributed by atoms with Gasteiger partial charge in [0, 0.05) is 18.5 Å². The standard InChI is InChI=1S/C13H18IN3O3S/c14-7-11-15-10(9-21-11)13(20)17(8-12(18)19)6-5-16-3-1-2-4-16/h9H,1-8H2,(H,18,19). The van der Waals surface area contributed by atoms with Gasteiger partial charge in [-0.1, -0.05) is 22.6 Å². The van der Waals surface area contributed by atoms with E-state index in [9.17, 15) is 9.59 Å². The van der Waals surface area contributed by atoms with Crippen molar-refractivity contribution in [2.24, 2.45) is 0 Å². The second-order valence-corrected chi connectivity index (χ2v) is 6.63. The first-order chi connectivity index (χ1) is 10.1. The molecule has 2 heterocycles. The molecule has 21 heavy (non-hydrogen) atoms. The zero-order chi connectivity index (χ0) is 15.2. The molecule has 1 aromatic heterocycles. The van der Waals surface area contributed by atoms with Gasteiger partial charge in [-0.15, -0.1) is 11.3 Å². The lowest BCUT2D eigenvalue weighted by molar-refractivity contribution is -0.137. The third kappa shape index (κ3) is 4.89. The summed E-state index contributed by atoms with van der Waals surface area (Å²) < 4.78 is 0.752. The van der Waals surface area contributed by atoms with Crippen molar-refractivity contribution in [1.29, 1.82) is 0 Å². The van der Waals surface area contributed by atoms with Gasteiger partial charge in [-0.25, -0.2) is 4.98 Å². The van der Waals surface area contributed by atoms with Crippen LogP contribution < -0.4 is 0 Å². The second kappa shape index (κ2) is 8.04. The number of hydrogen-bond donors (Lipinski definition) is 1. The Kier molecular flexibility index (Phi) is 6.37. The molecule has 1 aromatic rings. The van der Waals surface area contributed by atoms with Gasteiger partial charge in [-0.05, 0) is 25.9 Å². The summed E-state index contributed by atoms with van der Waals surface area (Å²) in [7, 11) is 0. The molecule has 116 valence electrons. The Morgan fingerprint density at radius 1 is 1.43 bits per heavy atom. The molecule has 1 saturated heterocycles. The van der Waals surface area contributed by atoms with Gasteiger partial charge < -0.3 is 14.9 Å². The second-order valence-electron chi connectivity index (χ2n) is 4.93. The minimum atomic E-state index is -0.992. The van der Waals surface area contributed by atoms with Crippen LogP contribution in [-0.4, -0.2) is 64.5 Å². The number of hydrogen-bond acceptors (Lipinski definition) is 5. The number of carbonyl (C=O) groups excluding carboxylic acids is 1. The highest BCUT2D eigenvalue weighted by molar-refractivity contribution is 14.1. The van der Waals surface area contributed by atoms with Gasteiger partial charge in [-0.3, -0.25) is 9.59 Å². The molecule has 0 spiro atoms. The molecule has 0 unspecified atom stereocenters. The van der Waals surface area contributed by atoms with Crippen LogP contribution in [0.2, 0.25) is 0 Å². The highest BCUT2D eigenvalue weighted by Gasteiger charge is 2.22. The minimum Gasteiger partial charge on any atom is -0.480 e. The lowest BCUT2D eigenvalue weighted by Crippen LogP contribution is -2.41. The lowest BCUT2D eigenvalue weighted by Gasteiger charge is -2.23. The first-order valence-electron chi connectivity index (χ1n) is 6.84. The van der Waals surface area contributed by atoms with E-state index in [-0.39, 0.29) is 12.5 Å². The molecule has 0 atom stereocenters. The molecule has 8 heteroatoms. The molecular weight excluding hydrogens is 405 g/mol. The van der Waals surface area contributed by atoms with Crippen LogP contribution in [0.25, 0.3) is 0 Å². The van der Waals surface area contributed by atoms with Gasteiger partial charge in [-0.2, -0.15) is 0 Å². The summed E-state index contributed by atoms with van der Waals surface area (Å²) in [6.07, 6.45) is 2.36. The van der Waals surface area contributed by atoms with E-state index in [0.29, 0.717) is 12.2 Å². The summed E-state index contributed by atoms with van der Waals surface area (Å²) in [5.74, 6) is -1.28. The van der Waals surface area contributed by atoms with Crippen molar-refractivity contribution in [3.8, 4) is 0 Å². The molecule has 6 nitrogen and oxygen atoms in total.